The molecule has 3 rings (SSSR count). The number of carbonyl (C=O) groups is 2. The first-order valence-electron chi connectivity index (χ1n) is 8.50. The highest BCUT2D eigenvalue weighted by molar-refractivity contribution is 5.80. The summed E-state index contributed by atoms with van der Waals surface area (Å²) in [5, 5.41) is 5.96. The van der Waals surface area contributed by atoms with Gasteiger partial charge in [0.15, 0.2) is 0 Å². The molecule has 2 N–H and O–H groups in total. The molecule has 2 heterocycles. The molecule has 1 saturated carbocycles. The van der Waals surface area contributed by atoms with E-state index in [0.717, 1.165) is 32.1 Å². The monoisotopic (exact) mass is 308 g/mol. The Morgan fingerprint density at radius 3 is 2.73 bits per heavy atom. The summed E-state index contributed by atoms with van der Waals surface area (Å²) in [6, 6.07) is 0.139. The van der Waals surface area contributed by atoms with Crippen molar-refractivity contribution in [1.82, 2.24) is 20.4 Å². The molecular formula is C16H28N4O2. The Balaban J connectivity index is 1.71. The minimum absolute atomic E-state index is 0.00185. The zero-order valence-electron chi connectivity index (χ0n) is 13.7. The van der Waals surface area contributed by atoms with Crippen LogP contribution < -0.4 is 10.6 Å². The standard InChI is InChI=1S/C16H28N4O2/c1-12(2)18-15(22)20-6-5-19(8-13-3-4-13)10-16(11-20)7-14(21)17-9-16/h12-13H,3-11H2,1-2H3,(H,17,21)(H,18,22)/t16-/m1/s1. The molecule has 1 spiro atoms. The number of amides is 3. The molecule has 1 aliphatic carbocycles. The molecule has 0 unspecified atom stereocenters. The summed E-state index contributed by atoms with van der Waals surface area (Å²) in [4.78, 5) is 28.6. The lowest BCUT2D eigenvalue weighted by Gasteiger charge is -2.33. The Hall–Kier alpha value is -1.30. The lowest BCUT2D eigenvalue weighted by molar-refractivity contribution is -0.119. The molecule has 6 nitrogen and oxygen atoms in total. The number of urea groups is 1. The minimum Gasteiger partial charge on any atom is -0.355 e. The zero-order valence-corrected chi connectivity index (χ0v) is 13.7. The molecule has 3 fully saturated rings. The zero-order chi connectivity index (χ0) is 15.7. The van der Waals surface area contributed by atoms with Crippen molar-refractivity contribution in [3.63, 3.8) is 0 Å². The molecule has 3 aliphatic rings. The fraction of sp³-hybridized carbons (Fsp3) is 0.875. The van der Waals surface area contributed by atoms with Gasteiger partial charge in [0, 0.05) is 57.1 Å². The second-order valence-corrected chi connectivity index (χ2v) is 7.66. The number of rotatable bonds is 3. The van der Waals surface area contributed by atoms with Crippen LogP contribution in [0.15, 0.2) is 0 Å². The average Bonchev–Trinajstić information content (AvgIpc) is 3.19. The molecule has 0 aromatic rings. The van der Waals surface area contributed by atoms with Crippen LogP contribution in [0.5, 0.6) is 0 Å². The summed E-state index contributed by atoms with van der Waals surface area (Å²) >= 11 is 0. The molecule has 0 aromatic heterocycles. The van der Waals surface area contributed by atoms with Gasteiger partial charge in [-0.05, 0) is 32.6 Å². The highest BCUT2D eigenvalue weighted by Crippen LogP contribution is 2.34. The Labute approximate surface area is 132 Å². The highest BCUT2D eigenvalue weighted by Gasteiger charge is 2.44. The lowest BCUT2D eigenvalue weighted by atomic mass is 9.86. The fourth-order valence-electron chi connectivity index (χ4n) is 3.66. The van der Waals surface area contributed by atoms with E-state index in [0.29, 0.717) is 19.5 Å². The fourth-order valence-corrected chi connectivity index (χ4v) is 3.66. The minimum atomic E-state index is -0.114. The lowest BCUT2D eigenvalue weighted by Crippen LogP contribution is -2.48. The Kier molecular flexibility index (Phi) is 4.30. The van der Waals surface area contributed by atoms with Gasteiger partial charge in [-0.25, -0.2) is 4.79 Å². The molecule has 0 radical (unpaired) electrons. The first kappa shape index (κ1) is 15.6. The van der Waals surface area contributed by atoms with E-state index in [1.54, 1.807) is 0 Å². The molecule has 0 bridgehead atoms. The van der Waals surface area contributed by atoms with Gasteiger partial charge in [0.25, 0.3) is 0 Å². The van der Waals surface area contributed by atoms with E-state index in [2.05, 4.69) is 15.5 Å². The van der Waals surface area contributed by atoms with Crippen LogP contribution >= 0.6 is 0 Å². The maximum atomic E-state index is 12.4. The van der Waals surface area contributed by atoms with Gasteiger partial charge in [0.2, 0.25) is 5.91 Å². The third-order valence-electron chi connectivity index (χ3n) is 4.88. The quantitative estimate of drug-likeness (QED) is 0.804. The van der Waals surface area contributed by atoms with E-state index >= 15 is 0 Å². The summed E-state index contributed by atoms with van der Waals surface area (Å²) in [7, 11) is 0. The topological polar surface area (TPSA) is 64.7 Å². The molecule has 22 heavy (non-hydrogen) atoms. The van der Waals surface area contributed by atoms with Gasteiger partial charge in [0.05, 0.1) is 0 Å². The van der Waals surface area contributed by atoms with Gasteiger partial charge in [-0.1, -0.05) is 0 Å². The van der Waals surface area contributed by atoms with Crippen molar-refractivity contribution >= 4 is 11.9 Å². The van der Waals surface area contributed by atoms with E-state index in [-0.39, 0.29) is 23.4 Å². The normalized spacial score (nSPS) is 29.8. The number of carbonyl (C=O) groups excluding carboxylic acids is 2. The van der Waals surface area contributed by atoms with Crippen molar-refractivity contribution in [2.45, 2.75) is 39.2 Å². The Morgan fingerprint density at radius 2 is 2.14 bits per heavy atom. The maximum Gasteiger partial charge on any atom is 0.317 e. The van der Waals surface area contributed by atoms with Crippen molar-refractivity contribution in [1.29, 1.82) is 0 Å². The molecule has 3 amide bonds. The van der Waals surface area contributed by atoms with E-state index in [9.17, 15) is 9.59 Å². The van der Waals surface area contributed by atoms with Crippen molar-refractivity contribution in [2.24, 2.45) is 11.3 Å². The third-order valence-corrected chi connectivity index (χ3v) is 4.88. The van der Waals surface area contributed by atoms with Gasteiger partial charge in [-0.2, -0.15) is 0 Å². The van der Waals surface area contributed by atoms with E-state index < -0.39 is 0 Å². The van der Waals surface area contributed by atoms with Gasteiger partial charge in [0.1, 0.15) is 0 Å². The first-order chi connectivity index (χ1) is 10.5. The van der Waals surface area contributed by atoms with Crippen molar-refractivity contribution in [2.75, 3.05) is 39.3 Å². The third kappa shape index (κ3) is 3.72. The molecule has 1 atom stereocenters. The Bertz CT molecular complexity index is 449. The van der Waals surface area contributed by atoms with Gasteiger partial charge in [-0.3, -0.25) is 4.79 Å². The van der Waals surface area contributed by atoms with Crippen LogP contribution in [-0.2, 0) is 4.79 Å². The molecule has 0 aromatic carbocycles. The predicted molar refractivity (Wildman–Crippen MR) is 84.5 cm³/mol. The summed E-state index contributed by atoms with van der Waals surface area (Å²) in [6.45, 7) is 9.03. The summed E-state index contributed by atoms with van der Waals surface area (Å²) in [5.41, 5.74) is -0.114. The number of hydrogen-bond acceptors (Lipinski definition) is 3. The van der Waals surface area contributed by atoms with Gasteiger partial charge in [-0.15, -0.1) is 0 Å². The van der Waals surface area contributed by atoms with Crippen molar-refractivity contribution in [3.8, 4) is 0 Å². The highest BCUT2D eigenvalue weighted by atomic mass is 16.2. The first-order valence-corrected chi connectivity index (χ1v) is 8.50. The smallest absolute Gasteiger partial charge is 0.317 e. The van der Waals surface area contributed by atoms with E-state index in [1.807, 2.05) is 18.7 Å². The van der Waals surface area contributed by atoms with Crippen LogP contribution in [-0.4, -0.2) is 67.0 Å². The van der Waals surface area contributed by atoms with Gasteiger partial charge >= 0.3 is 6.03 Å². The summed E-state index contributed by atoms with van der Waals surface area (Å²) in [5.74, 6) is 0.954. The summed E-state index contributed by atoms with van der Waals surface area (Å²) < 4.78 is 0. The largest absolute Gasteiger partial charge is 0.355 e. The van der Waals surface area contributed by atoms with E-state index in [4.69, 9.17) is 0 Å². The number of nitrogens with zero attached hydrogens (tertiary/aromatic N) is 2. The van der Waals surface area contributed by atoms with Crippen LogP contribution in [0, 0.1) is 11.3 Å². The molecular weight excluding hydrogens is 280 g/mol. The molecule has 2 aliphatic heterocycles. The number of nitrogens with one attached hydrogen (secondary N) is 2. The second-order valence-electron chi connectivity index (χ2n) is 7.66. The molecule has 124 valence electrons. The Morgan fingerprint density at radius 1 is 1.36 bits per heavy atom. The second kappa shape index (κ2) is 6.07. The van der Waals surface area contributed by atoms with Crippen LogP contribution in [0.3, 0.4) is 0 Å². The van der Waals surface area contributed by atoms with Gasteiger partial charge < -0.3 is 20.4 Å². The van der Waals surface area contributed by atoms with Crippen LogP contribution in [0.1, 0.15) is 33.1 Å². The van der Waals surface area contributed by atoms with Crippen molar-refractivity contribution in [3.05, 3.63) is 0 Å². The van der Waals surface area contributed by atoms with Crippen LogP contribution in [0.4, 0.5) is 4.79 Å². The van der Waals surface area contributed by atoms with E-state index in [1.165, 1.54) is 12.8 Å². The van der Waals surface area contributed by atoms with Crippen molar-refractivity contribution < 1.29 is 9.59 Å². The predicted octanol–water partition coefficient (Wildman–Crippen LogP) is 0.638. The molecule has 6 heteroatoms. The molecule has 2 saturated heterocycles. The van der Waals surface area contributed by atoms with Crippen LogP contribution in [0.2, 0.25) is 0 Å². The SMILES string of the molecule is CC(C)NC(=O)N1CCN(CC2CC2)C[C@@]2(CNC(=O)C2)C1. The number of hydrogen-bond donors (Lipinski definition) is 2. The van der Waals surface area contributed by atoms with Crippen LogP contribution in [0.25, 0.3) is 0 Å². The maximum absolute atomic E-state index is 12.4. The summed E-state index contributed by atoms with van der Waals surface area (Å²) in [6.07, 6.45) is 3.20. The average molecular weight is 308 g/mol.